The molecule has 2 aromatic carbocycles. The molecule has 2 rings (SSSR count). The molecule has 0 aliphatic rings. The molecule has 0 amide bonds. The van der Waals surface area contributed by atoms with Gasteiger partial charge in [0.15, 0.2) is 0 Å². The molecule has 0 heterocycles. The monoisotopic (exact) mass is 272 g/mol. The fourth-order valence-electron chi connectivity index (χ4n) is 2.14. The molecule has 3 heteroatoms. The maximum absolute atomic E-state index is 13.4. The number of carbonyl (C=O) groups is 1. The third-order valence-electron chi connectivity index (χ3n) is 3.14. The van der Waals surface area contributed by atoms with E-state index in [9.17, 15) is 9.36 Å². The Morgan fingerprint density at radius 1 is 0.842 bits per heavy atom. The molecule has 0 radical (unpaired) electrons. The van der Waals surface area contributed by atoms with Gasteiger partial charge < -0.3 is 9.36 Å². The standard InChI is InChI=1S/C16H17O2P/c17-13-7-8-14-19(18,15-9-3-1-4-10-15)16-11-5-2-6-12-16/h1-6,9-13H,7-8,14H2. The highest BCUT2D eigenvalue weighted by molar-refractivity contribution is 7.78. The van der Waals surface area contributed by atoms with E-state index < -0.39 is 7.14 Å². The molecule has 0 bridgehead atoms. The summed E-state index contributed by atoms with van der Waals surface area (Å²) in [6.07, 6.45) is 2.55. The van der Waals surface area contributed by atoms with Gasteiger partial charge >= 0.3 is 0 Å². The van der Waals surface area contributed by atoms with Crippen molar-refractivity contribution in [2.24, 2.45) is 0 Å². The number of rotatable bonds is 6. The summed E-state index contributed by atoms with van der Waals surface area (Å²) >= 11 is 0. The molecule has 0 saturated carbocycles. The van der Waals surface area contributed by atoms with Gasteiger partial charge in [-0.15, -0.1) is 0 Å². The van der Waals surface area contributed by atoms with E-state index in [-0.39, 0.29) is 0 Å². The van der Waals surface area contributed by atoms with Gasteiger partial charge in [-0.05, 0) is 6.42 Å². The number of hydrogen-bond donors (Lipinski definition) is 0. The summed E-state index contributed by atoms with van der Waals surface area (Å²) in [6, 6.07) is 19.1. The van der Waals surface area contributed by atoms with Crippen molar-refractivity contribution in [1.82, 2.24) is 0 Å². The molecule has 19 heavy (non-hydrogen) atoms. The minimum atomic E-state index is -2.61. The topological polar surface area (TPSA) is 34.1 Å². The van der Waals surface area contributed by atoms with Crippen LogP contribution >= 0.6 is 7.14 Å². The van der Waals surface area contributed by atoms with Crippen molar-refractivity contribution < 1.29 is 9.36 Å². The first-order valence-corrected chi connectivity index (χ1v) is 8.30. The fraction of sp³-hybridized carbons (Fsp3) is 0.188. The average Bonchev–Trinajstić information content (AvgIpc) is 2.49. The zero-order chi connectivity index (χ0) is 13.6. The summed E-state index contributed by atoms with van der Waals surface area (Å²) in [7, 11) is -2.61. The quantitative estimate of drug-likeness (QED) is 0.460. The smallest absolute Gasteiger partial charge is 0.143 e. The van der Waals surface area contributed by atoms with Crippen molar-refractivity contribution in [3.63, 3.8) is 0 Å². The second kappa shape index (κ2) is 6.49. The molecule has 2 nitrogen and oxygen atoms in total. The Balaban J connectivity index is 2.39. The molecule has 0 N–H and O–H groups in total. The number of benzene rings is 2. The van der Waals surface area contributed by atoms with Gasteiger partial charge in [-0.25, -0.2) is 0 Å². The Morgan fingerprint density at radius 3 is 1.74 bits per heavy atom. The Hall–Kier alpha value is -1.66. The third-order valence-corrected chi connectivity index (χ3v) is 6.35. The minimum Gasteiger partial charge on any atom is -0.314 e. The largest absolute Gasteiger partial charge is 0.314 e. The summed E-state index contributed by atoms with van der Waals surface area (Å²) in [5, 5.41) is 1.74. The van der Waals surface area contributed by atoms with Crippen molar-refractivity contribution in [3.8, 4) is 0 Å². The zero-order valence-corrected chi connectivity index (χ0v) is 11.6. The average molecular weight is 272 g/mol. The van der Waals surface area contributed by atoms with Crippen LogP contribution in [0.5, 0.6) is 0 Å². The molecule has 2 aromatic rings. The van der Waals surface area contributed by atoms with Gasteiger partial charge in [-0.1, -0.05) is 60.7 Å². The van der Waals surface area contributed by atoms with Gasteiger partial charge in [-0.3, -0.25) is 0 Å². The predicted octanol–water partition coefficient (Wildman–Crippen LogP) is 2.98. The zero-order valence-electron chi connectivity index (χ0n) is 10.7. The van der Waals surface area contributed by atoms with E-state index in [1.807, 2.05) is 60.7 Å². The second-order valence-electron chi connectivity index (χ2n) is 4.44. The van der Waals surface area contributed by atoms with E-state index in [1.54, 1.807) is 0 Å². The van der Waals surface area contributed by atoms with Crippen LogP contribution in [0, 0.1) is 0 Å². The van der Waals surface area contributed by atoms with Crippen molar-refractivity contribution in [1.29, 1.82) is 0 Å². The normalized spacial score (nSPS) is 11.2. The van der Waals surface area contributed by atoms with Crippen LogP contribution < -0.4 is 10.6 Å². The lowest BCUT2D eigenvalue weighted by atomic mass is 10.4. The maximum atomic E-state index is 13.4. The van der Waals surface area contributed by atoms with Crippen molar-refractivity contribution in [3.05, 3.63) is 60.7 Å². The van der Waals surface area contributed by atoms with E-state index in [0.717, 1.165) is 16.9 Å². The summed E-state index contributed by atoms with van der Waals surface area (Å²) in [4.78, 5) is 10.5. The lowest BCUT2D eigenvalue weighted by molar-refractivity contribution is -0.107. The summed E-state index contributed by atoms with van der Waals surface area (Å²) in [5.74, 6) is 0. The van der Waals surface area contributed by atoms with Crippen LogP contribution in [-0.4, -0.2) is 12.4 Å². The minimum absolute atomic E-state index is 0.462. The molecule has 0 aromatic heterocycles. The first-order valence-electron chi connectivity index (χ1n) is 6.41. The number of unbranched alkanes of at least 4 members (excludes halogenated alkanes) is 1. The molecule has 0 aliphatic heterocycles. The SMILES string of the molecule is O=CCCCP(=O)(c1ccccc1)c1ccccc1. The van der Waals surface area contributed by atoms with E-state index in [0.29, 0.717) is 19.0 Å². The van der Waals surface area contributed by atoms with Crippen LogP contribution in [0.2, 0.25) is 0 Å². The van der Waals surface area contributed by atoms with Gasteiger partial charge in [0.2, 0.25) is 0 Å². The molecular weight excluding hydrogens is 255 g/mol. The van der Waals surface area contributed by atoms with Crippen LogP contribution in [0.25, 0.3) is 0 Å². The van der Waals surface area contributed by atoms with E-state index >= 15 is 0 Å². The molecule has 98 valence electrons. The van der Waals surface area contributed by atoms with Gasteiger partial charge in [0, 0.05) is 23.2 Å². The van der Waals surface area contributed by atoms with Gasteiger partial charge in [0.1, 0.15) is 13.4 Å². The maximum Gasteiger partial charge on any atom is 0.143 e. The van der Waals surface area contributed by atoms with Crippen LogP contribution in [0.3, 0.4) is 0 Å². The highest BCUT2D eigenvalue weighted by Crippen LogP contribution is 2.43. The molecule has 0 fully saturated rings. The van der Waals surface area contributed by atoms with E-state index in [2.05, 4.69) is 0 Å². The highest BCUT2D eigenvalue weighted by Gasteiger charge is 2.26. The lowest BCUT2D eigenvalue weighted by Crippen LogP contribution is -2.18. The van der Waals surface area contributed by atoms with Crippen molar-refractivity contribution in [2.75, 3.05) is 6.16 Å². The first kappa shape index (κ1) is 13.8. The van der Waals surface area contributed by atoms with E-state index in [4.69, 9.17) is 0 Å². The Kier molecular flexibility index (Phi) is 4.70. The molecular formula is C16H17O2P. The lowest BCUT2D eigenvalue weighted by Gasteiger charge is -2.18. The van der Waals surface area contributed by atoms with Crippen LogP contribution in [-0.2, 0) is 9.36 Å². The van der Waals surface area contributed by atoms with Crippen molar-refractivity contribution in [2.45, 2.75) is 12.8 Å². The Morgan fingerprint density at radius 2 is 1.32 bits per heavy atom. The van der Waals surface area contributed by atoms with Crippen LogP contribution in [0.15, 0.2) is 60.7 Å². The van der Waals surface area contributed by atoms with Gasteiger partial charge in [0.25, 0.3) is 0 Å². The number of hydrogen-bond acceptors (Lipinski definition) is 2. The first-order chi connectivity index (χ1) is 9.27. The fourth-order valence-corrected chi connectivity index (χ4v) is 4.89. The van der Waals surface area contributed by atoms with Crippen molar-refractivity contribution >= 4 is 24.0 Å². The molecule has 0 aliphatic carbocycles. The molecule has 0 saturated heterocycles. The second-order valence-corrected chi connectivity index (χ2v) is 7.40. The summed E-state index contributed by atoms with van der Waals surface area (Å²) < 4.78 is 13.4. The summed E-state index contributed by atoms with van der Waals surface area (Å²) in [5.41, 5.74) is 0. The third kappa shape index (κ3) is 3.21. The predicted molar refractivity (Wildman–Crippen MR) is 79.9 cm³/mol. The Bertz CT molecular complexity index is 520. The van der Waals surface area contributed by atoms with Crippen LogP contribution in [0.4, 0.5) is 0 Å². The van der Waals surface area contributed by atoms with E-state index in [1.165, 1.54) is 0 Å². The van der Waals surface area contributed by atoms with Crippen LogP contribution in [0.1, 0.15) is 12.8 Å². The highest BCUT2D eigenvalue weighted by atomic mass is 31.2. The summed E-state index contributed by atoms with van der Waals surface area (Å²) in [6.45, 7) is 0. The Labute approximate surface area is 113 Å². The molecule has 0 atom stereocenters. The van der Waals surface area contributed by atoms with Gasteiger partial charge in [-0.2, -0.15) is 0 Å². The molecule has 0 spiro atoms. The number of carbonyl (C=O) groups excluding carboxylic acids is 1. The van der Waals surface area contributed by atoms with Gasteiger partial charge in [0.05, 0.1) is 0 Å². The number of aldehydes is 1. The molecule has 0 unspecified atom stereocenters.